The number of carbonyl (C=O) groups excluding carboxylic acids is 2. The summed E-state index contributed by atoms with van der Waals surface area (Å²) >= 11 is 1.47. The van der Waals surface area contributed by atoms with Gasteiger partial charge in [-0.1, -0.05) is 0 Å². The molecule has 1 N–H and O–H groups in total. The first-order valence-corrected chi connectivity index (χ1v) is 7.93. The molecule has 0 aliphatic carbocycles. The number of nitrogens with one attached hydrogen (secondary N) is 1. The van der Waals surface area contributed by atoms with E-state index in [-0.39, 0.29) is 5.69 Å². The Kier molecular flexibility index (Phi) is 5.81. The molecule has 0 aliphatic heterocycles. The van der Waals surface area contributed by atoms with Crippen LogP contribution in [0.1, 0.15) is 17.4 Å². The number of carbonyl (C=O) groups is 2. The Morgan fingerprint density at radius 3 is 2.71 bits per heavy atom. The molecule has 1 heterocycles. The van der Waals surface area contributed by atoms with Gasteiger partial charge in [0, 0.05) is 17.0 Å². The zero-order valence-electron chi connectivity index (χ0n) is 13.0. The topological polar surface area (TPSA) is 55.4 Å². The van der Waals surface area contributed by atoms with E-state index in [9.17, 15) is 18.4 Å². The predicted molar refractivity (Wildman–Crippen MR) is 88.6 cm³/mol. The van der Waals surface area contributed by atoms with E-state index in [1.807, 2.05) is 18.4 Å². The molecule has 4 nitrogen and oxygen atoms in total. The highest BCUT2D eigenvalue weighted by Crippen LogP contribution is 2.18. The first-order chi connectivity index (χ1) is 11.4. The highest BCUT2D eigenvalue weighted by atomic mass is 32.1. The van der Waals surface area contributed by atoms with E-state index >= 15 is 0 Å². The van der Waals surface area contributed by atoms with Crippen molar-refractivity contribution in [3.8, 4) is 0 Å². The summed E-state index contributed by atoms with van der Waals surface area (Å²) < 4.78 is 31.5. The van der Waals surface area contributed by atoms with Crippen LogP contribution in [0, 0.1) is 18.6 Å². The lowest BCUT2D eigenvalue weighted by Gasteiger charge is -2.12. The minimum absolute atomic E-state index is 0.312. The van der Waals surface area contributed by atoms with Crippen LogP contribution in [0.5, 0.6) is 0 Å². The molecule has 0 bridgehead atoms. The van der Waals surface area contributed by atoms with Crippen LogP contribution in [0.4, 0.5) is 14.5 Å². The van der Waals surface area contributed by atoms with E-state index in [2.05, 4.69) is 5.32 Å². The number of esters is 1. The molecule has 0 unspecified atom stereocenters. The Morgan fingerprint density at radius 2 is 2.04 bits per heavy atom. The Labute approximate surface area is 141 Å². The van der Waals surface area contributed by atoms with Gasteiger partial charge in [0.05, 0.1) is 5.69 Å². The van der Waals surface area contributed by atoms with Crippen LogP contribution in [0.2, 0.25) is 0 Å². The Morgan fingerprint density at radius 1 is 1.29 bits per heavy atom. The lowest BCUT2D eigenvalue weighted by molar-refractivity contribution is -0.148. The first-order valence-electron chi connectivity index (χ1n) is 7.05. The van der Waals surface area contributed by atoms with Gasteiger partial charge in [-0.25, -0.2) is 13.6 Å². The number of benzene rings is 1. The number of hydrogen-bond donors (Lipinski definition) is 1. The average Bonchev–Trinajstić information content (AvgIpc) is 2.94. The highest BCUT2D eigenvalue weighted by molar-refractivity contribution is 7.11. The fourth-order valence-electron chi connectivity index (χ4n) is 1.79. The third-order valence-corrected chi connectivity index (χ3v) is 4.11. The van der Waals surface area contributed by atoms with Crippen molar-refractivity contribution >= 4 is 35.0 Å². The van der Waals surface area contributed by atoms with Gasteiger partial charge in [0.15, 0.2) is 6.10 Å². The fraction of sp³-hybridized carbons (Fsp3) is 0.176. The molecule has 2 aromatic rings. The number of thiophene rings is 1. The molecule has 1 atom stereocenters. The minimum Gasteiger partial charge on any atom is -0.449 e. The number of halogens is 2. The molecule has 1 amide bonds. The summed E-state index contributed by atoms with van der Waals surface area (Å²) in [6, 6.07) is 4.60. The van der Waals surface area contributed by atoms with Crippen molar-refractivity contribution in [1.82, 2.24) is 0 Å². The second-order valence-electron chi connectivity index (χ2n) is 4.99. The molecule has 0 radical (unpaired) electrons. The summed E-state index contributed by atoms with van der Waals surface area (Å²) in [6.07, 6.45) is 1.65. The first kappa shape index (κ1) is 17.8. The van der Waals surface area contributed by atoms with Gasteiger partial charge in [0.25, 0.3) is 5.91 Å². The van der Waals surface area contributed by atoms with E-state index < -0.39 is 29.6 Å². The van der Waals surface area contributed by atoms with Gasteiger partial charge in [0.2, 0.25) is 0 Å². The molecular formula is C17H15F2NO3S. The van der Waals surface area contributed by atoms with E-state index in [1.165, 1.54) is 24.3 Å². The molecule has 24 heavy (non-hydrogen) atoms. The smallest absolute Gasteiger partial charge is 0.331 e. The van der Waals surface area contributed by atoms with E-state index in [4.69, 9.17) is 4.74 Å². The van der Waals surface area contributed by atoms with Crippen molar-refractivity contribution in [2.45, 2.75) is 20.0 Å². The van der Waals surface area contributed by atoms with E-state index in [1.54, 1.807) is 6.08 Å². The molecule has 0 saturated carbocycles. The lowest BCUT2D eigenvalue weighted by Crippen LogP contribution is -2.29. The van der Waals surface area contributed by atoms with Crippen LogP contribution in [-0.2, 0) is 14.3 Å². The molecule has 126 valence electrons. The average molecular weight is 351 g/mol. The zero-order chi connectivity index (χ0) is 17.7. The maximum atomic E-state index is 13.5. The summed E-state index contributed by atoms with van der Waals surface area (Å²) in [5, 5.41) is 4.07. The van der Waals surface area contributed by atoms with Crippen molar-refractivity contribution in [3.05, 3.63) is 57.8 Å². The largest absolute Gasteiger partial charge is 0.449 e. The number of hydrogen-bond acceptors (Lipinski definition) is 4. The zero-order valence-corrected chi connectivity index (χ0v) is 13.8. The summed E-state index contributed by atoms with van der Waals surface area (Å²) in [6.45, 7) is 3.25. The monoisotopic (exact) mass is 351 g/mol. The van der Waals surface area contributed by atoms with Gasteiger partial charge < -0.3 is 10.1 Å². The standard InChI is InChI=1S/C17H15F2NO3S/c1-10-7-8-24-15(10)5-6-16(21)23-11(2)17(22)20-14-9-12(18)3-4-13(14)19/h3-9,11H,1-2H3,(H,20,22)/b6-5+/t11-/m0/s1. The number of aryl methyl sites for hydroxylation is 1. The summed E-state index contributed by atoms with van der Waals surface area (Å²) in [5.74, 6) is -2.93. The van der Waals surface area contributed by atoms with E-state index in [0.29, 0.717) is 0 Å². The summed E-state index contributed by atoms with van der Waals surface area (Å²) in [7, 11) is 0. The predicted octanol–water partition coefficient (Wildman–Crippen LogP) is 3.92. The van der Waals surface area contributed by atoms with Crippen molar-refractivity contribution in [2.24, 2.45) is 0 Å². The number of ether oxygens (including phenoxy) is 1. The Hall–Kier alpha value is -2.54. The van der Waals surface area contributed by atoms with E-state index in [0.717, 1.165) is 28.6 Å². The third-order valence-electron chi connectivity index (χ3n) is 3.12. The van der Waals surface area contributed by atoms with Gasteiger partial charge in [0.1, 0.15) is 11.6 Å². The van der Waals surface area contributed by atoms with Crippen molar-refractivity contribution < 1.29 is 23.1 Å². The SMILES string of the molecule is Cc1ccsc1/C=C/C(=O)O[C@@H](C)C(=O)Nc1cc(F)ccc1F. The summed E-state index contributed by atoms with van der Waals surface area (Å²) in [4.78, 5) is 24.5. The van der Waals surface area contributed by atoms with Gasteiger partial charge in [-0.05, 0) is 49.1 Å². The molecule has 0 spiro atoms. The molecule has 0 saturated heterocycles. The van der Waals surface area contributed by atoms with Crippen LogP contribution in [0.25, 0.3) is 6.08 Å². The normalized spacial score (nSPS) is 12.2. The molecule has 0 aliphatic rings. The van der Waals surface area contributed by atoms with Gasteiger partial charge in [-0.15, -0.1) is 11.3 Å². The lowest BCUT2D eigenvalue weighted by atomic mass is 10.2. The molecule has 1 aromatic heterocycles. The number of rotatable bonds is 5. The second-order valence-corrected chi connectivity index (χ2v) is 5.94. The van der Waals surface area contributed by atoms with Gasteiger partial charge in [-0.2, -0.15) is 0 Å². The quantitative estimate of drug-likeness (QED) is 0.656. The van der Waals surface area contributed by atoms with Crippen LogP contribution in [-0.4, -0.2) is 18.0 Å². The summed E-state index contributed by atoms with van der Waals surface area (Å²) in [5.41, 5.74) is 0.712. The maximum Gasteiger partial charge on any atom is 0.331 e. The van der Waals surface area contributed by atoms with Crippen molar-refractivity contribution in [1.29, 1.82) is 0 Å². The fourth-order valence-corrected chi connectivity index (χ4v) is 2.61. The minimum atomic E-state index is -1.16. The molecular weight excluding hydrogens is 336 g/mol. The van der Waals surface area contributed by atoms with Crippen LogP contribution in [0.15, 0.2) is 35.7 Å². The second kappa shape index (κ2) is 7.83. The van der Waals surface area contributed by atoms with Gasteiger partial charge in [-0.3, -0.25) is 4.79 Å². The van der Waals surface area contributed by atoms with Crippen LogP contribution >= 0.6 is 11.3 Å². The third kappa shape index (κ3) is 4.73. The number of amides is 1. The molecule has 7 heteroatoms. The van der Waals surface area contributed by atoms with Gasteiger partial charge >= 0.3 is 5.97 Å². The molecule has 1 aromatic carbocycles. The van der Waals surface area contributed by atoms with Crippen LogP contribution < -0.4 is 5.32 Å². The van der Waals surface area contributed by atoms with Crippen molar-refractivity contribution in [3.63, 3.8) is 0 Å². The number of anilines is 1. The Bertz CT molecular complexity index is 786. The Balaban J connectivity index is 1.93. The molecule has 0 fully saturated rings. The molecule has 2 rings (SSSR count). The van der Waals surface area contributed by atoms with Crippen LogP contribution in [0.3, 0.4) is 0 Å². The van der Waals surface area contributed by atoms with Crippen molar-refractivity contribution in [2.75, 3.05) is 5.32 Å². The highest BCUT2D eigenvalue weighted by Gasteiger charge is 2.18. The maximum absolute atomic E-state index is 13.5.